The summed E-state index contributed by atoms with van der Waals surface area (Å²) in [6.45, 7) is 1.54. The van der Waals surface area contributed by atoms with E-state index in [-0.39, 0.29) is 0 Å². The molecule has 6 heteroatoms. The minimum absolute atomic E-state index is 0.575. The SMILES string of the molecule is COCCCNc1ccc(-c2ccc(NC(N)=O)c3ccccc23)cn1. The van der Waals surface area contributed by atoms with Crippen molar-refractivity contribution < 1.29 is 9.53 Å². The molecule has 0 fully saturated rings. The summed E-state index contributed by atoms with van der Waals surface area (Å²) in [6.07, 6.45) is 2.78. The number of urea groups is 1. The van der Waals surface area contributed by atoms with E-state index in [1.54, 1.807) is 7.11 Å². The molecule has 0 bridgehead atoms. The Hall–Kier alpha value is -3.12. The Labute approximate surface area is 152 Å². The average Bonchev–Trinajstić information content (AvgIpc) is 2.66. The van der Waals surface area contributed by atoms with E-state index in [0.717, 1.165) is 47.3 Å². The number of nitrogens with zero attached hydrogens (tertiary/aromatic N) is 1. The largest absolute Gasteiger partial charge is 0.385 e. The number of anilines is 2. The van der Waals surface area contributed by atoms with Gasteiger partial charge in [0, 0.05) is 37.4 Å². The van der Waals surface area contributed by atoms with Crippen LogP contribution in [0.5, 0.6) is 0 Å². The summed E-state index contributed by atoms with van der Waals surface area (Å²) in [5.41, 5.74) is 8.02. The number of nitrogens with one attached hydrogen (secondary N) is 2. The third-order valence-electron chi connectivity index (χ3n) is 4.09. The number of benzene rings is 2. The Kier molecular flexibility index (Phi) is 5.66. The first-order chi connectivity index (χ1) is 12.7. The maximum absolute atomic E-state index is 11.2. The summed E-state index contributed by atoms with van der Waals surface area (Å²) in [5, 5.41) is 7.91. The fourth-order valence-corrected chi connectivity index (χ4v) is 2.88. The number of hydrogen-bond donors (Lipinski definition) is 3. The highest BCUT2D eigenvalue weighted by atomic mass is 16.5. The first kappa shape index (κ1) is 17.7. The molecule has 134 valence electrons. The predicted molar refractivity (Wildman–Crippen MR) is 105 cm³/mol. The van der Waals surface area contributed by atoms with Crippen LogP contribution in [-0.4, -0.2) is 31.3 Å². The van der Waals surface area contributed by atoms with Crippen molar-refractivity contribution in [1.29, 1.82) is 0 Å². The van der Waals surface area contributed by atoms with Crippen LogP contribution in [0.4, 0.5) is 16.3 Å². The number of rotatable bonds is 7. The molecule has 1 aromatic heterocycles. The second-order valence-corrected chi connectivity index (χ2v) is 5.90. The third-order valence-corrected chi connectivity index (χ3v) is 4.09. The second-order valence-electron chi connectivity index (χ2n) is 5.90. The highest BCUT2D eigenvalue weighted by molar-refractivity contribution is 6.07. The molecule has 6 nitrogen and oxygen atoms in total. The van der Waals surface area contributed by atoms with Gasteiger partial charge in [-0.15, -0.1) is 0 Å². The zero-order valence-electron chi connectivity index (χ0n) is 14.7. The molecule has 0 aliphatic rings. The van der Waals surface area contributed by atoms with Crippen molar-refractivity contribution >= 4 is 28.3 Å². The molecule has 2 aromatic carbocycles. The smallest absolute Gasteiger partial charge is 0.316 e. The number of fused-ring (bicyclic) bond motifs is 1. The van der Waals surface area contributed by atoms with Gasteiger partial charge in [0.25, 0.3) is 0 Å². The topological polar surface area (TPSA) is 89.3 Å². The molecule has 2 amide bonds. The average molecular weight is 350 g/mol. The van der Waals surface area contributed by atoms with Crippen LogP contribution in [0, 0.1) is 0 Å². The van der Waals surface area contributed by atoms with Crippen molar-refractivity contribution in [2.45, 2.75) is 6.42 Å². The molecule has 0 saturated carbocycles. The van der Waals surface area contributed by atoms with Gasteiger partial charge in [-0.3, -0.25) is 0 Å². The van der Waals surface area contributed by atoms with E-state index < -0.39 is 6.03 Å². The Balaban J connectivity index is 1.87. The molecule has 0 saturated heterocycles. The summed E-state index contributed by atoms with van der Waals surface area (Å²) in [5.74, 6) is 0.834. The Morgan fingerprint density at radius 3 is 2.62 bits per heavy atom. The van der Waals surface area contributed by atoms with Crippen LogP contribution in [0.2, 0.25) is 0 Å². The van der Waals surface area contributed by atoms with Gasteiger partial charge in [-0.2, -0.15) is 0 Å². The number of carbonyl (C=O) groups is 1. The number of carbonyl (C=O) groups excluding carboxylic acids is 1. The molecule has 0 radical (unpaired) electrons. The fraction of sp³-hybridized carbons (Fsp3) is 0.200. The summed E-state index contributed by atoms with van der Waals surface area (Å²) < 4.78 is 5.04. The van der Waals surface area contributed by atoms with Crippen LogP contribution in [0.25, 0.3) is 21.9 Å². The van der Waals surface area contributed by atoms with Crippen molar-refractivity contribution in [2.24, 2.45) is 5.73 Å². The van der Waals surface area contributed by atoms with Gasteiger partial charge in [0.2, 0.25) is 0 Å². The number of methoxy groups -OCH3 is 1. The van der Waals surface area contributed by atoms with Crippen LogP contribution in [0.15, 0.2) is 54.7 Å². The lowest BCUT2D eigenvalue weighted by Crippen LogP contribution is -2.19. The van der Waals surface area contributed by atoms with Gasteiger partial charge < -0.3 is 21.1 Å². The van der Waals surface area contributed by atoms with Gasteiger partial charge in [0.05, 0.1) is 5.69 Å². The summed E-state index contributed by atoms with van der Waals surface area (Å²) in [4.78, 5) is 15.7. The molecular formula is C20H22N4O2. The minimum atomic E-state index is -0.575. The van der Waals surface area contributed by atoms with Crippen LogP contribution in [-0.2, 0) is 4.74 Å². The lowest BCUT2D eigenvalue weighted by atomic mass is 9.98. The first-order valence-corrected chi connectivity index (χ1v) is 8.46. The molecule has 0 unspecified atom stereocenters. The molecule has 0 atom stereocenters. The van der Waals surface area contributed by atoms with Crippen molar-refractivity contribution in [2.75, 3.05) is 30.9 Å². The second kappa shape index (κ2) is 8.31. The van der Waals surface area contributed by atoms with Crippen LogP contribution < -0.4 is 16.4 Å². The molecule has 4 N–H and O–H groups in total. The minimum Gasteiger partial charge on any atom is -0.385 e. The van der Waals surface area contributed by atoms with Gasteiger partial charge >= 0.3 is 6.03 Å². The monoisotopic (exact) mass is 350 g/mol. The lowest BCUT2D eigenvalue weighted by Gasteiger charge is -2.12. The van der Waals surface area contributed by atoms with Crippen LogP contribution in [0.1, 0.15) is 6.42 Å². The van der Waals surface area contributed by atoms with E-state index >= 15 is 0 Å². The standard InChI is InChI=1S/C20H22N4O2/c1-26-12-4-11-22-19-10-7-14(13-23-19)15-8-9-18(24-20(21)25)17-6-3-2-5-16(15)17/h2-3,5-10,13H,4,11-12H2,1H3,(H,22,23)(H3,21,24,25). The molecule has 3 rings (SSSR count). The quantitative estimate of drug-likeness (QED) is 0.565. The molecule has 26 heavy (non-hydrogen) atoms. The van der Waals surface area contributed by atoms with E-state index in [2.05, 4.69) is 15.6 Å². The van der Waals surface area contributed by atoms with Crippen molar-refractivity contribution in [3.63, 3.8) is 0 Å². The van der Waals surface area contributed by atoms with Gasteiger partial charge in [-0.05, 0) is 35.6 Å². The zero-order chi connectivity index (χ0) is 18.4. The van der Waals surface area contributed by atoms with E-state index in [0.29, 0.717) is 5.69 Å². The molecule has 1 heterocycles. The van der Waals surface area contributed by atoms with Gasteiger partial charge in [-0.25, -0.2) is 9.78 Å². The normalized spacial score (nSPS) is 10.7. The van der Waals surface area contributed by atoms with Crippen molar-refractivity contribution in [3.8, 4) is 11.1 Å². The van der Waals surface area contributed by atoms with Gasteiger partial charge in [0.15, 0.2) is 0 Å². The van der Waals surface area contributed by atoms with Crippen molar-refractivity contribution in [1.82, 2.24) is 4.98 Å². The molecule has 3 aromatic rings. The maximum Gasteiger partial charge on any atom is 0.316 e. The number of amides is 2. The number of nitrogens with two attached hydrogens (primary N) is 1. The summed E-state index contributed by atoms with van der Waals surface area (Å²) in [7, 11) is 1.70. The maximum atomic E-state index is 11.2. The lowest BCUT2D eigenvalue weighted by molar-refractivity contribution is 0.198. The van der Waals surface area contributed by atoms with Crippen LogP contribution in [0.3, 0.4) is 0 Å². The Bertz CT molecular complexity index is 894. The first-order valence-electron chi connectivity index (χ1n) is 8.46. The fourth-order valence-electron chi connectivity index (χ4n) is 2.88. The predicted octanol–water partition coefficient (Wildman–Crippen LogP) is 3.84. The molecule has 0 aliphatic carbocycles. The van der Waals surface area contributed by atoms with Crippen LogP contribution >= 0.6 is 0 Å². The van der Waals surface area contributed by atoms with E-state index in [9.17, 15) is 4.79 Å². The number of ether oxygens (including phenoxy) is 1. The Morgan fingerprint density at radius 1 is 1.12 bits per heavy atom. The van der Waals surface area contributed by atoms with E-state index in [4.69, 9.17) is 10.5 Å². The third kappa shape index (κ3) is 4.10. The molecular weight excluding hydrogens is 328 g/mol. The number of aromatic nitrogens is 1. The highest BCUT2D eigenvalue weighted by Crippen LogP contribution is 2.33. The number of hydrogen-bond acceptors (Lipinski definition) is 4. The molecule has 0 spiro atoms. The Morgan fingerprint density at radius 2 is 1.92 bits per heavy atom. The number of primary amides is 1. The zero-order valence-corrected chi connectivity index (χ0v) is 14.7. The summed E-state index contributed by atoms with van der Waals surface area (Å²) in [6, 6.07) is 15.1. The highest BCUT2D eigenvalue weighted by Gasteiger charge is 2.09. The molecule has 0 aliphatic heterocycles. The van der Waals surface area contributed by atoms with Gasteiger partial charge in [0.1, 0.15) is 5.82 Å². The summed E-state index contributed by atoms with van der Waals surface area (Å²) >= 11 is 0. The van der Waals surface area contributed by atoms with E-state index in [1.807, 2.05) is 54.7 Å². The van der Waals surface area contributed by atoms with Crippen molar-refractivity contribution in [3.05, 3.63) is 54.7 Å². The number of pyridine rings is 1. The van der Waals surface area contributed by atoms with Gasteiger partial charge in [-0.1, -0.05) is 30.3 Å². The van der Waals surface area contributed by atoms with E-state index in [1.165, 1.54) is 0 Å².